The molecule has 0 spiro atoms. The Balaban J connectivity index is 2.36. The average molecular weight is 287 g/mol. The Hall–Kier alpha value is -0.980. The van der Waals surface area contributed by atoms with Crippen LogP contribution in [0.15, 0.2) is 29.2 Å². The molecule has 0 heterocycles. The first-order valence-corrected chi connectivity index (χ1v) is 7.88. The van der Waals surface area contributed by atoms with Gasteiger partial charge >= 0.3 is 0 Å². The lowest BCUT2D eigenvalue weighted by atomic mass is 10.2. The third-order valence-corrected chi connectivity index (χ3v) is 5.46. The highest BCUT2D eigenvalue weighted by Gasteiger charge is 2.34. The van der Waals surface area contributed by atoms with Crippen molar-refractivity contribution >= 4 is 10.0 Å². The van der Waals surface area contributed by atoms with Gasteiger partial charge in [-0.2, -0.15) is 4.31 Å². The third kappa shape index (κ3) is 2.96. The van der Waals surface area contributed by atoms with Gasteiger partial charge in [-0.15, -0.1) is 0 Å². The lowest BCUT2D eigenvalue weighted by molar-refractivity contribution is 0.226. The fourth-order valence-corrected chi connectivity index (χ4v) is 4.31. The highest BCUT2D eigenvalue weighted by molar-refractivity contribution is 7.89. The first-order valence-electron chi connectivity index (χ1n) is 6.44. The van der Waals surface area contributed by atoms with Crippen LogP contribution in [0, 0.1) is 5.82 Å². The van der Waals surface area contributed by atoms with Gasteiger partial charge in [-0.25, -0.2) is 12.8 Å². The summed E-state index contributed by atoms with van der Waals surface area (Å²) in [6, 6.07) is 5.24. The van der Waals surface area contributed by atoms with Crippen LogP contribution in [0.2, 0.25) is 0 Å². The predicted octanol–water partition coefficient (Wildman–Crippen LogP) is 1.75. The summed E-state index contributed by atoms with van der Waals surface area (Å²) in [5.41, 5.74) is 0. The zero-order chi connectivity index (χ0) is 13.9. The van der Waals surface area contributed by atoms with Crippen molar-refractivity contribution in [2.75, 3.05) is 13.2 Å². The fraction of sp³-hybridized carbons (Fsp3) is 0.538. The van der Waals surface area contributed by atoms with Crippen molar-refractivity contribution < 1.29 is 17.9 Å². The first kappa shape index (κ1) is 14.4. The van der Waals surface area contributed by atoms with Crippen molar-refractivity contribution in [2.24, 2.45) is 0 Å². The van der Waals surface area contributed by atoms with E-state index in [1.807, 2.05) is 0 Å². The highest BCUT2D eigenvalue weighted by Crippen LogP contribution is 2.29. The minimum Gasteiger partial charge on any atom is -0.395 e. The maximum atomic E-state index is 13.7. The zero-order valence-electron chi connectivity index (χ0n) is 10.6. The van der Waals surface area contributed by atoms with Crippen LogP contribution in [0.1, 0.15) is 25.7 Å². The SMILES string of the molecule is O=S(=O)(c1ccccc1F)N(CCO)C1CCCC1. The molecule has 106 valence electrons. The van der Waals surface area contributed by atoms with E-state index in [-0.39, 0.29) is 24.1 Å². The Kier molecular flexibility index (Phi) is 4.54. The van der Waals surface area contributed by atoms with Gasteiger partial charge in [0.15, 0.2) is 0 Å². The molecule has 0 radical (unpaired) electrons. The summed E-state index contributed by atoms with van der Waals surface area (Å²) in [5, 5.41) is 9.08. The summed E-state index contributed by atoms with van der Waals surface area (Å²) in [5.74, 6) is -0.747. The van der Waals surface area contributed by atoms with Gasteiger partial charge in [0.05, 0.1) is 6.61 Å². The van der Waals surface area contributed by atoms with Crippen LogP contribution in [-0.4, -0.2) is 37.0 Å². The van der Waals surface area contributed by atoms with Crippen LogP contribution in [-0.2, 0) is 10.0 Å². The molecule has 1 fully saturated rings. The fourth-order valence-electron chi connectivity index (χ4n) is 2.57. The molecule has 1 aliphatic rings. The zero-order valence-corrected chi connectivity index (χ0v) is 11.4. The number of sulfonamides is 1. The molecule has 1 saturated carbocycles. The molecule has 4 nitrogen and oxygen atoms in total. The van der Waals surface area contributed by atoms with Gasteiger partial charge in [-0.05, 0) is 25.0 Å². The molecule has 1 aromatic rings. The number of rotatable bonds is 5. The Bertz CT molecular complexity index is 526. The Labute approximate surface area is 112 Å². The number of hydrogen-bond donors (Lipinski definition) is 1. The number of nitrogens with zero attached hydrogens (tertiary/aromatic N) is 1. The highest BCUT2D eigenvalue weighted by atomic mass is 32.2. The number of halogens is 1. The van der Waals surface area contributed by atoms with E-state index in [0.29, 0.717) is 0 Å². The molecule has 0 unspecified atom stereocenters. The molecule has 0 atom stereocenters. The van der Waals surface area contributed by atoms with Crippen molar-refractivity contribution in [1.82, 2.24) is 4.31 Å². The Morgan fingerprint density at radius 3 is 2.47 bits per heavy atom. The molecule has 0 aliphatic heterocycles. The van der Waals surface area contributed by atoms with E-state index in [1.54, 1.807) is 0 Å². The van der Waals surface area contributed by atoms with Gasteiger partial charge in [0.1, 0.15) is 10.7 Å². The topological polar surface area (TPSA) is 57.6 Å². The molecular weight excluding hydrogens is 269 g/mol. The Morgan fingerprint density at radius 1 is 1.26 bits per heavy atom. The minimum absolute atomic E-state index is 0.0152. The third-order valence-electron chi connectivity index (χ3n) is 3.48. The molecule has 6 heteroatoms. The minimum atomic E-state index is -3.88. The largest absolute Gasteiger partial charge is 0.395 e. The normalized spacial score (nSPS) is 17.2. The molecule has 1 aromatic carbocycles. The summed E-state index contributed by atoms with van der Waals surface area (Å²) in [6.45, 7) is -0.245. The van der Waals surface area contributed by atoms with Gasteiger partial charge < -0.3 is 5.11 Å². The molecule has 0 aromatic heterocycles. The predicted molar refractivity (Wildman–Crippen MR) is 69.6 cm³/mol. The van der Waals surface area contributed by atoms with Crippen LogP contribution in [0.25, 0.3) is 0 Å². The van der Waals surface area contributed by atoms with E-state index in [9.17, 15) is 12.8 Å². The van der Waals surface area contributed by atoms with Crippen LogP contribution in [0.3, 0.4) is 0 Å². The molecule has 0 bridgehead atoms. The molecular formula is C13H18FNO3S. The number of hydrogen-bond acceptors (Lipinski definition) is 3. The summed E-state index contributed by atoms with van der Waals surface area (Å²) in [4.78, 5) is -0.310. The lowest BCUT2D eigenvalue weighted by Crippen LogP contribution is -2.41. The standard InChI is InChI=1S/C13H18FNO3S/c14-12-7-3-4-8-13(12)19(17,18)15(9-10-16)11-5-1-2-6-11/h3-4,7-8,11,16H,1-2,5-6,9-10H2. The quantitative estimate of drug-likeness (QED) is 0.897. The summed E-state index contributed by atoms with van der Waals surface area (Å²) in [7, 11) is -3.88. The van der Waals surface area contributed by atoms with Crippen molar-refractivity contribution in [3.05, 3.63) is 30.1 Å². The van der Waals surface area contributed by atoms with Crippen LogP contribution < -0.4 is 0 Å². The van der Waals surface area contributed by atoms with Crippen molar-refractivity contribution in [3.8, 4) is 0 Å². The molecule has 0 amide bonds. The van der Waals surface area contributed by atoms with Gasteiger partial charge in [0.25, 0.3) is 0 Å². The van der Waals surface area contributed by atoms with Crippen LogP contribution in [0.4, 0.5) is 4.39 Å². The summed E-state index contributed by atoms with van der Waals surface area (Å²) >= 11 is 0. The van der Waals surface area contributed by atoms with Crippen LogP contribution in [0.5, 0.6) is 0 Å². The van der Waals surface area contributed by atoms with Gasteiger partial charge in [-0.3, -0.25) is 0 Å². The van der Waals surface area contributed by atoms with Crippen molar-refractivity contribution in [3.63, 3.8) is 0 Å². The number of benzene rings is 1. The van der Waals surface area contributed by atoms with Crippen LogP contribution >= 0.6 is 0 Å². The van der Waals surface area contributed by atoms with Gasteiger partial charge in [0.2, 0.25) is 10.0 Å². The van der Waals surface area contributed by atoms with E-state index >= 15 is 0 Å². The molecule has 2 rings (SSSR count). The second-order valence-corrected chi connectivity index (χ2v) is 6.57. The summed E-state index contributed by atoms with van der Waals surface area (Å²) in [6.07, 6.45) is 3.49. The summed E-state index contributed by atoms with van der Waals surface area (Å²) < 4.78 is 40.0. The number of aliphatic hydroxyl groups is 1. The smallest absolute Gasteiger partial charge is 0.246 e. The van der Waals surface area contributed by atoms with E-state index in [4.69, 9.17) is 5.11 Å². The second kappa shape index (κ2) is 5.98. The number of aliphatic hydroxyl groups excluding tert-OH is 1. The average Bonchev–Trinajstić information content (AvgIpc) is 2.89. The van der Waals surface area contributed by atoms with Gasteiger partial charge in [0, 0.05) is 12.6 Å². The lowest BCUT2D eigenvalue weighted by Gasteiger charge is -2.27. The van der Waals surface area contributed by atoms with E-state index in [2.05, 4.69) is 0 Å². The van der Waals surface area contributed by atoms with Crippen molar-refractivity contribution in [2.45, 2.75) is 36.6 Å². The first-order chi connectivity index (χ1) is 9.07. The van der Waals surface area contributed by atoms with E-state index < -0.39 is 15.8 Å². The maximum Gasteiger partial charge on any atom is 0.246 e. The van der Waals surface area contributed by atoms with Crippen molar-refractivity contribution in [1.29, 1.82) is 0 Å². The Morgan fingerprint density at radius 2 is 1.89 bits per heavy atom. The molecule has 19 heavy (non-hydrogen) atoms. The maximum absolute atomic E-state index is 13.7. The van der Waals surface area contributed by atoms with Gasteiger partial charge in [-0.1, -0.05) is 25.0 Å². The molecule has 1 aliphatic carbocycles. The molecule has 1 N–H and O–H groups in total. The molecule has 0 saturated heterocycles. The van der Waals surface area contributed by atoms with E-state index in [1.165, 1.54) is 22.5 Å². The monoisotopic (exact) mass is 287 g/mol. The van der Waals surface area contributed by atoms with E-state index in [0.717, 1.165) is 31.7 Å². The second-order valence-electron chi connectivity index (χ2n) is 4.71.